The quantitative estimate of drug-likeness (QED) is 0.833. The molecule has 0 bridgehead atoms. The number of piperidine rings is 1. The van der Waals surface area contributed by atoms with E-state index in [1.807, 2.05) is 6.07 Å². The molecule has 100 valence electrons. The van der Waals surface area contributed by atoms with Crippen LogP contribution in [0.15, 0.2) is 18.2 Å². The molecule has 2 N–H and O–H groups in total. The Hall–Kier alpha value is -1.09. The van der Waals surface area contributed by atoms with E-state index in [0.29, 0.717) is 11.1 Å². The Labute approximate surface area is 109 Å². The molecule has 18 heavy (non-hydrogen) atoms. The molecule has 3 heteroatoms. The van der Waals surface area contributed by atoms with Crippen LogP contribution < -0.4 is 5.73 Å². The van der Waals surface area contributed by atoms with Gasteiger partial charge in [0.25, 0.3) is 0 Å². The first-order chi connectivity index (χ1) is 8.50. The smallest absolute Gasteiger partial charge is 0.125 e. The summed E-state index contributed by atoms with van der Waals surface area (Å²) in [5, 5.41) is 0. The number of anilines is 1. The summed E-state index contributed by atoms with van der Waals surface area (Å²) < 4.78 is 13.3. The minimum absolute atomic E-state index is 0.236. The molecule has 1 aliphatic rings. The van der Waals surface area contributed by atoms with Crippen LogP contribution in [-0.2, 0) is 6.54 Å². The van der Waals surface area contributed by atoms with Gasteiger partial charge in [-0.3, -0.25) is 4.90 Å². The number of hydrogen-bond donors (Lipinski definition) is 1. The molecule has 0 unspecified atom stereocenters. The first-order valence-corrected chi connectivity index (χ1v) is 6.78. The Balaban J connectivity index is 1.95. The Bertz CT molecular complexity index is 389. The summed E-state index contributed by atoms with van der Waals surface area (Å²) in [6.45, 7) is 7.64. The molecule has 1 aromatic rings. The van der Waals surface area contributed by atoms with Gasteiger partial charge in [0.2, 0.25) is 0 Å². The highest BCUT2D eigenvalue weighted by molar-refractivity contribution is 5.41. The lowest BCUT2D eigenvalue weighted by molar-refractivity contribution is 0.109. The number of rotatable bonds is 3. The zero-order valence-electron chi connectivity index (χ0n) is 11.4. The van der Waals surface area contributed by atoms with Crippen molar-refractivity contribution >= 4 is 5.69 Å². The molecule has 1 aliphatic heterocycles. The molecule has 2 rings (SSSR count). The summed E-state index contributed by atoms with van der Waals surface area (Å²) in [5.41, 5.74) is 7.66. The number of nitrogen functional groups attached to an aromatic ring is 1. The summed E-state index contributed by atoms with van der Waals surface area (Å²) in [6, 6.07) is 4.83. The van der Waals surface area contributed by atoms with Gasteiger partial charge in [-0.2, -0.15) is 0 Å². The number of hydrogen-bond acceptors (Lipinski definition) is 2. The topological polar surface area (TPSA) is 29.3 Å². The third-order valence-electron chi connectivity index (χ3n) is 4.30. The van der Waals surface area contributed by atoms with E-state index >= 15 is 0 Å². The van der Waals surface area contributed by atoms with Gasteiger partial charge in [0, 0.05) is 12.2 Å². The van der Waals surface area contributed by atoms with Crippen molar-refractivity contribution in [1.82, 2.24) is 4.90 Å². The predicted molar refractivity (Wildman–Crippen MR) is 73.7 cm³/mol. The molecule has 0 radical (unpaired) electrons. The molecule has 1 saturated heterocycles. The maximum absolute atomic E-state index is 13.3. The van der Waals surface area contributed by atoms with Crippen LogP contribution in [0.1, 0.15) is 38.7 Å². The highest BCUT2D eigenvalue weighted by atomic mass is 19.1. The lowest BCUT2D eigenvalue weighted by Gasteiger charge is -2.39. The van der Waals surface area contributed by atoms with Gasteiger partial charge in [-0.1, -0.05) is 20.3 Å². The van der Waals surface area contributed by atoms with E-state index in [1.54, 1.807) is 6.07 Å². The highest BCUT2D eigenvalue weighted by Gasteiger charge is 2.28. The first-order valence-electron chi connectivity index (χ1n) is 6.78. The van der Waals surface area contributed by atoms with Gasteiger partial charge in [0.1, 0.15) is 5.82 Å². The molecule has 0 aliphatic carbocycles. The van der Waals surface area contributed by atoms with Crippen LogP contribution in [0.5, 0.6) is 0 Å². The van der Waals surface area contributed by atoms with Crippen molar-refractivity contribution in [3.63, 3.8) is 0 Å². The Kier molecular flexibility index (Phi) is 3.91. The van der Waals surface area contributed by atoms with Gasteiger partial charge in [0.15, 0.2) is 0 Å². The lowest BCUT2D eigenvalue weighted by atomic mass is 9.78. The van der Waals surface area contributed by atoms with E-state index < -0.39 is 0 Å². The largest absolute Gasteiger partial charge is 0.399 e. The zero-order valence-corrected chi connectivity index (χ0v) is 11.4. The van der Waals surface area contributed by atoms with Crippen molar-refractivity contribution in [3.05, 3.63) is 29.6 Å². The standard InChI is InChI=1S/C15H23FN2/c1-3-15(2)4-6-18(7-5-15)11-12-8-13(16)10-14(17)9-12/h8-10H,3-7,11,17H2,1-2H3. The van der Waals surface area contributed by atoms with Crippen molar-refractivity contribution < 1.29 is 4.39 Å². The second kappa shape index (κ2) is 5.27. The molecule has 1 heterocycles. The molecule has 0 saturated carbocycles. The SMILES string of the molecule is CCC1(C)CCN(Cc2cc(N)cc(F)c2)CC1. The maximum Gasteiger partial charge on any atom is 0.125 e. The minimum atomic E-state index is -0.236. The third kappa shape index (κ3) is 3.22. The Morgan fingerprint density at radius 2 is 1.94 bits per heavy atom. The minimum Gasteiger partial charge on any atom is -0.399 e. The molecule has 2 nitrogen and oxygen atoms in total. The van der Waals surface area contributed by atoms with Crippen LogP contribution in [-0.4, -0.2) is 18.0 Å². The van der Waals surface area contributed by atoms with Gasteiger partial charge in [-0.05, 0) is 55.1 Å². The lowest BCUT2D eigenvalue weighted by Crippen LogP contribution is -2.37. The predicted octanol–water partition coefficient (Wildman–Crippen LogP) is 3.42. The number of nitrogens with zero attached hydrogens (tertiary/aromatic N) is 1. The Morgan fingerprint density at radius 1 is 1.28 bits per heavy atom. The van der Waals surface area contributed by atoms with E-state index in [9.17, 15) is 4.39 Å². The molecule has 0 atom stereocenters. The average molecular weight is 250 g/mol. The van der Waals surface area contributed by atoms with Gasteiger partial charge >= 0.3 is 0 Å². The molecule has 0 spiro atoms. The van der Waals surface area contributed by atoms with Crippen LogP contribution >= 0.6 is 0 Å². The fraction of sp³-hybridized carbons (Fsp3) is 0.600. The fourth-order valence-corrected chi connectivity index (χ4v) is 2.63. The summed E-state index contributed by atoms with van der Waals surface area (Å²) in [5.74, 6) is -0.236. The molecular weight excluding hydrogens is 227 g/mol. The maximum atomic E-state index is 13.3. The summed E-state index contributed by atoms with van der Waals surface area (Å²) in [4.78, 5) is 2.39. The third-order valence-corrected chi connectivity index (χ3v) is 4.30. The van der Waals surface area contributed by atoms with Crippen LogP contribution in [0, 0.1) is 11.2 Å². The van der Waals surface area contributed by atoms with Gasteiger partial charge in [0.05, 0.1) is 0 Å². The molecular formula is C15H23FN2. The van der Waals surface area contributed by atoms with E-state index in [4.69, 9.17) is 5.73 Å². The van der Waals surface area contributed by atoms with E-state index in [2.05, 4.69) is 18.7 Å². The highest BCUT2D eigenvalue weighted by Crippen LogP contribution is 2.34. The monoisotopic (exact) mass is 250 g/mol. The molecule has 1 aromatic carbocycles. The van der Waals surface area contributed by atoms with Gasteiger partial charge < -0.3 is 5.73 Å². The zero-order chi connectivity index (χ0) is 13.2. The van der Waals surface area contributed by atoms with E-state index in [0.717, 1.165) is 25.2 Å². The molecule has 0 amide bonds. The molecule has 0 aromatic heterocycles. The summed E-state index contributed by atoms with van der Waals surface area (Å²) in [6.07, 6.45) is 3.70. The van der Waals surface area contributed by atoms with Crippen LogP contribution in [0.25, 0.3) is 0 Å². The Morgan fingerprint density at radius 3 is 2.50 bits per heavy atom. The van der Waals surface area contributed by atoms with Gasteiger partial charge in [-0.15, -0.1) is 0 Å². The van der Waals surface area contributed by atoms with Crippen molar-refractivity contribution in [2.75, 3.05) is 18.8 Å². The van der Waals surface area contributed by atoms with Crippen molar-refractivity contribution in [2.45, 2.75) is 39.7 Å². The number of halogens is 1. The fourth-order valence-electron chi connectivity index (χ4n) is 2.63. The average Bonchev–Trinajstić information content (AvgIpc) is 2.31. The van der Waals surface area contributed by atoms with Crippen LogP contribution in [0.4, 0.5) is 10.1 Å². The second-order valence-corrected chi connectivity index (χ2v) is 5.83. The normalized spacial score (nSPS) is 19.9. The van der Waals surface area contributed by atoms with Crippen molar-refractivity contribution in [2.24, 2.45) is 5.41 Å². The van der Waals surface area contributed by atoms with Gasteiger partial charge in [-0.25, -0.2) is 4.39 Å². The van der Waals surface area contributed by atoms with E-state index in [-0.39, 0.29) is 5.82 Å². The molecule has 1 fully saturated rings. The second-order valence-electron chi connectivity index (χ2n) is 5.83. The number of benzene rings is 1. The van der Waals surface area contributed by atoms with Crippen LogP contribution in [0.2, 0.25) is 0 Å². The van der Waals surface area contributed by atoms with Crippen LogP contribution in [0.3, 0.4) is 0 Å². The van der Waals surface area contributed by atoms with Crippen molar-refractivity contribution in [1.29, 1.82) is 0 Å². The first kappa shape index (κ1) is 13.3. The van der Waals surface area contributed by atoms with E-state index in [1.165, 1.54) is 25.3 Å². The number of nitrogens with two attached hydrogens (primary N) is 1. The number of likely N-dealkylation sites (tertiary alicyclic amines) is 1. The summed E-state index contributed by atoms with van der Waals surface area (Å²) in [7, 11) is 0. The summed E-state index contributed by atoms with van der Waals surface area (Å²) >= 11 is 0. The van der Waals surface area contributed by atoms with Crippen molar-refractivity contribution in [3.8, 4) is 0 Å².